The molecule has 0 aliphatic carbocycles. The second kappa shape index (κ2) is 13.5. The van der Waals surface area contributed by atoms with Crippen LogP contribution in [0, 0.1) is 16.7 Å². The molecule has 1 unspecified atom stereocenters. The van der Waals surface area contributed by atoms with Gasteiger partial charge in [0.2, 0.25) is 11.8 Å². The van der Waals surface area contributed by atoms with Crippen LogP contribution in [0.5, 0.6) is 5.88 Å². The first-order valence-electron chi connectivity index (χ1n) is 16.4. The highest BCUT2D eigenvalue weighted by Gasteiger charge is 2.39. The summed E-state index contributed by atoms with van der Waals surface area (Å²) in [4.78, 5) is 31.8. The second-order valence-electron chi connectivity index (χ2n) is 13.3. The Morgan fingerprint density at radius 3 is 2.44 bits per heavy atom. The molecule has 5 heterocycles. The van der Waals surface area contributed by atoms with Crippen molar-refractivity contribution in [2.45, 2.75) is 38.9 Å². The van der Waals surface area contributed by atoms with Gasteiger partial charge in [-0.25, -0.2) is 9.50 Å². The van der Waals surface area contributed by atoms with E-state index in [0.717, 1.165) is 39.8 Å². The number of fused-ring (bicyclic) bond motifs is 1. The van der Waals surface area contributed by atoms with E-state index in [4.69, 9.17) is 38.0 Å². The molecule has 0 spiro atoms. The van der Waals surface area contributed by atoms with Crippen molar-refractivity contribution >= 4 is 34.6 Å². The highest BCUT2D eigenvalue weighted by Crippen LogP contribution is 2.42. The fourth-order valence-corrected chi connectivity index (χ4v) is 7.49. The van der Waals surface area contributed by atoms with Crippen molar-refractivity contribution < 1.29 is 9.53 Å². The normalized spacial score (nSPS) is 17.0. The summed E-state index contributed by atoms with van der Waals surface area (Å²) in [5, 5.41) is 21.5. The molecule has 1 atom stereocenters. The third-order valence-corrected chi connectivity index (χ3v) is 10.3. The van der Waals surface area contributed by atoms with Crippen LogP contribution in [-0.2, 0) is 24.9 Å². The molecule has 0 bridgehead atoms. The Morgan fingerprint density at radius 2 is 1.76 bits per heavy atom. The van der Waals surface area contributed by atoms with Crippen LogP contribution >= 0.6 is 23.2 Å². The quantitative estimate of drug-likeness (QED) is 0.196. The SMILES string of the molecule is COc1nc(-c2cccc(-c3cccc(-c4cc5c(=O)n(C)c(CN6CC(C)(C#N)C6)nn5c4)c3Cl)c2Cl)ccc1CNCC1CCC(=O)N1. The number of hydrogen-bond donors (Lipinski definition) is 2. The molecule has 7 rings (SSSR count). The van der Waals surface area contributed by atoms with E-state index in [1.165, 1.54) is 0 Å². The van der Waals surface area contributed by atoms with E-state index in [-0.39, 0.29) is 22.9 Å². The fourth-order valence-electron chi connectivity index (χ4n) is 6.83. The van der Waals surface area contributed by atoms with Gasteiger partial charge in [0.25, 0.3) is 5.56 Å². The molecule has 256 valence electrons. The van der Waals surface area contributed by atoms with Crippen molar-refractivity contribution in [3.05, 3.63) is 92.6 Å². The molecule has 3 aromatic heterocycles. The Hall–Kier alpha value is -4.73. The maximum absolute atomic E-state index is 13.4. The lowest BCUT2D eigenvalue weighted by molar-refractivity contribution is -0.119. The van der Waals surface area contributed by atoms with Gasteiger partial charge in [-0.1, -0.05) is 65.7 Å². The number of nitrogens with one attached hydrogen (secondary N) is 2. The van der Waals surface area contributed by atoms with Gasteiger partial charge in [0.1, 0.15) is 11.3 Å². The first-order chi connectivity index (χ1) is 24.1. The number of carbonyl (C=O) groups excluding carboxylic acids is 1. The Kier molecular flexibility index (Phi) is 9.13. The first kappa shape index (κ1) is 33.8. The van der Waals surface area contributed by atoms with E-state index in [0.29, 0.717) is 72.1 Å². The van der Waals surface area contributed by atoms with Crippen LogP contribution in [-0.4, -0.2) is 62.8 Å². The summed E-state index contributed by atoms with van der Waals surface area (Å²) in [7, 11) is 3.31. The molecule has 11 nitrogen and oxygen atoms in total. The zero-order valence-corrected chi connectivity index (χ0v) is 29.5. The number of nitriles is 1. The molecule has 2 fully saturated rings. The number of likely N-dealkylation sites (tertiary alicyclic amines) is 1. The molecule has 1 amide bonds. The molecule has 2 N–H and O–H groups in total. The van der Waals surface area contributed by atoms with Crippen LogP contribution in [0.4, 0.5) is 0 Å². The topological polar surface area (TPSA) is 130 Å². The fraction of sp³-hybridized carbons (Fsp3) is 0.324. The predicted octanol–water partition coefficient (Wildman–Crippen LogP) is 5.46. The van der Waals surface area contributed by atoms with Gasteiger partial charge in [0.05, 0.1) is 40.9 Å². The van der Waals surface area contributed by atoms with Gasteiger partial charge in [-0.15, -0.1) is 0 Å². The van der Waals surface area contributed by atoms with E-state index < -0.39 is 0 Å². The zero-order valence-electron chi connectivity index (χ0n) is 28.0. The highest BCUT2D eigenvalue weighted by atomic mass is 35.5. The third kappa shape index (κ3) is 6.36. The predicted molar refractivity (Wildman–Crippen MR) is 193 cm³/mol. The largest absolute Gasteiger partial charge is 0.481 e. The molecular weight excluding hydrogens is 675 g/mol. The monoisotopic (exact) mass is 710 g/mol. The van der Waals surface area contributed by atoms with Gasteiger partial charge in [-0.3, -0.25) is 19.1 Å². The molecule has 2 saturated heterocycles. The summed E-state index contributed by atoms with van der Waals surface area (Å²) < 4.78 is 8.82. The third-order valence-electron chi connectivity index (χ3n) is 9.51. The van der Waals surface area contributed by atoms with E-state index in [9.17, 15) is 14.9 Å². The number of hydrogen-bond acceptors (Lipinski definition) is 8. The van der Waals surface area contributed by atoms with E-state index >= 15 is 0 Å². The van der Waals surface area contributed by atoms with Gasteiger partial charge in [0, 0.05) is 85.3 Å². The van der Waals surface area contributed by atoms with Crippen molar-refractivity contribution in [1.82, 2.24) is 34.7 Å². The van der Waals surface area contributed by atoms with E-state index in [2.05, 4.69) is 21.6 Å². The van der Waals surface area contributed by atoms with Crippen LogP contribution in [0.3, 0.4) is 0 Å². The number of amides is 1. The zero-order chi connectivity index (χ0) is 35.2. The lowest BCUT2D eigenvalue weighted by Gasteiger charge is -2.43. The van der Waals surface area contributed by atoms with Crippen molar-refractivity contribution in [3.63, 3.8) is 0 Å². The van der Waals surface area contributed by atoms with Crippen molar-refractivity contribution in [1.29, 1.82) is 5.26 Å². The molecule has 2 aliphatic rings. The first-order valence-corrected chi connectivity index (χ1v) is 17.2. The number of nitrogens with zero attached hydrogens (tertiary/aromatic N) is 6. The van der Waals surface area contributed by atoms with Crippen LogP contribution in [0.15, 0.2) is 65.6 Å². The minimum Gasteiger partial charge on any atom is -0.481 e. The van der Waals surface area contributed by atoms with E-state index in [1.807, 2.05) is 61.7 Å². The van der Waals surface area contributed by atoms with Crippen molar-refractivity contribution in [2.75, 3.05) is 26.7 Å². The molecule has 2 aromatic carbocycles. The standard InChI is InChI=1S/C37H36Cl2N8O3/c1-37(19-40)20-46(21-37)18-31-44-47-17-23(14-30(47)36(49)45(31)2)25-6-4-7-26(33(25)38)27-8-5-9-28(34(27)39)29-12-10-22(35(43-29)50-3)15-41-16-24-11-13-32(48)42-24/h4-10,12,14,17,24,41H,11,13,15-16,18,20-21H2,1-3H3,(H,42,48). The number of pyridine rings is 1. The Labute approximate surface area is 299 Å². The van der Waals surface area contributed by atoms with Crippen molar-refractivity contribution in [3.8, 4) is 45.5 Å². The van der Waals surface area contributed by atoms with Gasteiger partial charge in [0.15, 0.2) is 0 Å². The number of methoxy groups -OCH3 is 1. The molecule has 0 radical (unpaired) electrons. The minimum absolute atomic E-state index is 0.0917. The number of halogens is 2. The lowest BCUT2D eigenvalue weighted by Crippen LogP contribution is -2.53. The van der Waals surface area contributed by atoms with Gasteiger partial charge in [-0.2, -0.15) is 10.4 Å². The smallest absolute Gasteiger partial charge is 0.277 e. The Bertz CT molecular complexity index is 2230. The Balaban J connectivity index is 1.15. The van der Waals surface area contributed by atoms with Gasteiger partial charge >= 0.3 is 0 Å². The molecular formula is C37H36Cl2N8O3. The number of rotatable bonds is 10. The summed E-state index contributed by atoms with van der Waals surface area (Å²) in [6.45, 7) is 4.88. The maximum atomic E-state index is 13.4. The summed E-state index contributed by atoms with van der Waals surface area (Å²) >= 11 is 14.2. The van der Waals surface area contributed by atoms with Crippen LogP contribution in [0.2, 0.25) is 10.0 Å². The Morgan fingerprint density at radius 1 is 1.06 bits per heavy atom. The number of ether oxygens (including phenoxy) is 1. The van der Waals surface area contributed by atoms with E-state index in [1.54, 1.807) is 29.3 Å². The lowest BCUT2D eigenvalue weighted by atomic mass is 9.84. The van der Waals surface area contributed by atoms with Gasteiger partial charge in [-0.05, 0) is 25.5 Å². The summed E-state index contributed by atoms with van der Waals surface area (Å²) in [5.41, 5.74) is 5.13. The van der Waals surface area contributed by atoms with Crippen LogP contribution < -0.4 is 20.9 Å². The summed E-state index contributed by atoms with van der Waals surface area (Å²) in [5.74, 6) is 1.19. The number of carbonyl (C=O) groups is 1. The molecule has 2 aliphatic heterocycles. The average molecular weight is 712 g/mol. The molecule has 5 aromatic rings. The number of benzene rings is 2. The van der Waals surface area contributed by atoms with Crippen LogP contribution in [0.25, 0.3) is 39.0 Å². The summed E-state index contributed by atoms with van der Waals surface area (Å²) in [6.07, 6.45) is 3.21. The molecule has 13 heteroatoms. The van der Waals surface area contributed by atoms with Crippen LogP contribution in [0.1, 0.15) is 31.2 Å². The summed E-state index contributed by atoms with van der Waals surface area (Å²) in [6, 6.07) is 19.6. The average Bonchev–Trinajstić information content (AvgIpc) is 3.72. The second-order valence-corrected chi connectivity index (χ2v) is 14.0. The highest BCUT2D eigenvalue weighted by molar-refractivity contribution is 6.39. The van der Waals surface area contributed by atoms with Gasteiger partial charge < -0.3 is 15.4 Å². The minimum atomic E-state index is -0.364. The van der Waals surface area contributed by atoms with Crippen molar-refractivity contribution in [2.24, 2.45) is 12.5 Å². The maximum Gasteiger partial charge on any atom is 0.277 e. The number of aromatic nitrogens is 4. The molecule has 50 heavy (non-hydrogen) atoms. The molecule has 0 saturated carbocycles.